The number of guanidine groups is 1. The summed E-state index contributed by atoms with van der Waals surface area (Å²) in [6.07, 6.45) is 2.49. The Balaban J connectivity index is 0.00000208. The van der Waals surface area contributed by atoms with Crippen LogP contribution in [-0.4, -0.2) is 28.3 Å². The highest BCUT2D eigenvalue weighted by Crippen LogP contribution is 2.20. The van der Waals surface area contributed by atoms with Gasteiger partial charge in [-0.3, -0.25) is 0 Å². The van der Waals surface area contributed by atoms with Crippen LogP contribution in [0.15, 0.2) is 35.3 Å². The Morgan fingerprint density at radius 3 is 2.58 bits per heavy atom. The normalized spacial score (nSPS) is 14.2. The summed E-state index contributed by atoms with van der Waals surface area (Å²) in [5, 5.41) is 11.4. The fraction of sp³-hybridized carbons (Fsp3) is 0.444. The van der Waals surface area contributed by atoms with Gasteiger partial charge in [0.2, 0.25) is 0 Å². The quantitative estimate of drug-likeness (QED) is 0.427. The predicted molar refractivity (Wildman–Crippen MR) is 109 cm³/mol. The van der Waals surface area contributed by atoms with Crippen molar-refractivity contribution in [2.75, 3.05) is 6.54 Å². The molecule has 1 heterocycles. The van der Waals surface area contributed by atoms with E-state index in [1.165, 1.54) is 18.4 Å². The van der Waals surface area contributed by atoms with Crippen molar-refractivity contribution in [1.82, 2.24) is 20.4 Å². The fourth-order valence-corrected chi connectivity index (χ4v) is 2.62. The van der Waals surface area contributed by atoms with E-state index in [-0.39, 0.29) is 24.0 Å². The summed E-state index contributed by atoms with van der Waals surface area (Å²) >= 11 is 0. The van der Waals surface area contributed by atoms with Crippen molar-refractivity contribution >= 4 is 29.9 Å². The Morgan fingerprint density at radius 1 is 1.25 bits per heavy atom. The molecule has 1 aromatic heterocycles. The van der Waals surface area contributed by atoms with Crippen molar-refractivity contribution < 1.29 is 0 Å². The molecule has 3 rings (SSSR count). The van der Waals surface area contributed by atoms with E-state index in [0.29, 0.717) is 12.6 Å². The lowest BCUT2D eigenvalue weighted by Gasteiger charge is -2.10. The summed E-state index contributed by atoms with van der Waals surface area (Å²) in [4.78, 5) is 4.73. The predicted octanol–water partition coefficient (Wildman–Crippen LogP) is 3.32. The molecular weight excluding hydrogens is 413 g/mol. The topological polar surface area (TPSA) is 54.2 Å². The van der Waals surface area contributed by atoms with Crippen molar-refractivity contribution in [1.29, 1.82) is 0 Å². The van der Waals surface area contributed by atoms with Gasteiger partial charge in [-0.25, -0.2) is 9.67 Å². The third kappa shape index (κ3) is 4.49. The number of para-hydroxylation sites is 1. The zero-order chi connectivity index (χ0) is 16.2. The molecule has 0 amide bonds. The van der Waals surface area contributed by atoms with Gasteiger partial charge >= 0.3 is 0 Å². The Hall–Kier alpha value is -1.57. The standard InChI is InChI=1S/C18H25N5.HI/c1-4-19-18(21-15-10-11-15)20-12-17-13(2)22-23(14(17)3)16-8-6-5-7-9-16;/h5-9,15H,4,10-12H2,1-3H3,(H2,19,20,21);1H. The lowest BCUT2D eigenvalue weighted by atomic mass is 10.2. The zero-order valence-corrected chi connectivity index (χ0v) is 16.9. The van der Waals surface area contributed by atoms with Crippen molar-refractivity contribution in [2.45, 2.75) is 46.2 Å². The van der Waals surface area contributed by atoms with Crippen LogP contribution >= 0.6 is 24.0 Å². The average molecular weight is 439 g/mol. The lowest BCUT2D eigenvalue weighted by molar-refractivity contribution is 0.809. The molecule has 0 unspecified atom stereocenters. The Labute approximate surface area is 161 Å². The van der Waals surface area contributed by atoms with E-state index in [1.54, 1.807) is 0 Å². The van der Waals surface area contributed by atoms with Crippen LogP contribution in [-0.2, 0) is 6.54 Å². The molecule has 0 atom stereocenters. The summed E-state index contributed by atoms with van der Waals surface area (Å²) in [5.41, 5.74) is 4.48. The zero-order valence-electron chi connectivity index (χ0n) is 14.5. The highest BCUT2D eigenvalue weighted by molar-refractivity contribution is 14.0. The van der Waals surface area contributed by atoms with Gasteiger partial charge in [0.15, 0.2) is 5.96 Å². The van der Waals surface area contributed by atoms with E-state index in [0.717, 1.165) is 29.6 Å². The Morgan fingerprint density at radius 2 is 1.96 bits per heavy atom. The summed E-state index contributed by atoms with van der Waals surface area (Å²) in [6.45, 7) is 7.78. The molecule has 0 aliphatic heterocycles. The molecule has 1 aromatic carbocycles. The molecule has 130 valence electrons. The van der Waals surface area contributed by atoms with Crippen LogP contribution in [0.3, 0.4) is 0 Å². The maximum absolute atomic E-state index is 4.73. The average Bonchev–Trinajstić information content (AvgIpc) is 3.32. The third-order valence-corrected chi connectivity index (χ3v) is 4.10. The second-order valence-corrected chi connectivity index (χ2v) is 6.01. The second-order valence-electron chi connectivity index (χ2n) is 6.01. The second kappa shape index (κ2) is 8.50. The molecule has 1 fully saturated rings. The van der Waals surface area contributed by atoms with Crippen molar-refractivity contribution in [3.8, 4) is 5.69 Å². The number of aromatic nitrogens is 2. The number of nitrogens with zero attached hydrogens (tertiary/aromatic N) is 3. The number of hydrogen-bond donors (Lipinski definition) is 2. The highest BCUT2D eigenvalue weighted by Gasteiger charge is 2.22. The largest absolute Gasteiger partial charge is 0.357 e. The minimum atomic E-state index is 0. The minimum Gasteiger partial charge on any atom is -0.357 e. The molecule has 0 spiro atoms. The van der Waals surface area contributed by atoms with Gasteiger partial charge in [-0.1, -0.05) is 18.2 Å². The van der Waals surface area contributed by atoms with E-state index in [9.17, 15) is 0 Å². The van der Waals surface area contributed by atoms with Gasteiger partial charge in [-0.2, -0.15) is 5.10 Å². The van der Waals surface area contributed by atoms with E-state index in [4.69, 9.17) is 4.99 Å². The minimum absolute atomic E-state index is 0. The van der Waals surface area contributed by atoms with Gasteiger partial charge < -0.3 is 10.6 Å². The van der Waals surface area contributed by atoms with Gasteiger partial charge in [0, 0.05) is 23.8 Å². The Bertz CT molecular complexity index is 689. The molecule has 2 N–H and O–H groups in total. The highest BCUT2D eigenvalue weighted by atomic mass is 127. The van der Waals surface area contributed by atoms with E-state index in [1.807, 2.05) is 22.9 Å². The van der Waals surface area contributed by atoms with Gasteiger partial charge in [-0.05, 0) is 45.7 Å². The molecule has 0 radical (unpaired) electrons. The van der Waals surface area contributed by atoms with Crippen molar-refractivity contribution in [3.05, 3.63) is 47.3 Å². The van der Waals surface area contributed by atoms with Crippen molar-refractivity contribution in [2.24, 2.45) is 4.99 Å². The lowest BCUT2D eigenvalue weighted by Crippen LogP contribution is -2.38. The molecule has 5 nitrogen and oxygen atoms in total. The van der Waals surface area contributed by atoms with Gasteiger partial charge in [0.05, 0.1) is 17.9 Å². The summed E-state index contributed by atoms with van der Waals surface area (Å²) in [6, 6.07) is 10.8. The number of halogens is 1. The first-order valence-corrected chi connectivity index (χ1v) is 8.34. The SMILES string of the molecule is CCNC(=NCc1c(C)nn(-c2ccccc2)c1C)NC1CC1.I. The van der Waals surface area contributed by atoms with Crippen LogP contribution in [0.25, 0.3) is 5.69 Å². The van der Waals surface area contributed by atoms with Crippen LogP contribution in [0.5, 0.6) is 0 Å². The molecule has 6 heteroatoms. The first-order chi connectivity index (χ1) is 11.2. The van der Waals surface area contributed by atoms with Gasteiger partial charge in [-0.15, -0.1) is 24.0 Å². The first kappa shape index (κ1) is 18.8. The number of rotatable bonds is 5. The monoisotopic (exact) mass is 439 g/mol. The molecule has 24 heavy (non-hydrogen) atoms. The van der Waals surface area contributed by atoms with E-state index in [2.05, 4.69) is 48.6 Å². The smallest absolute Gasteiger partial charge is 0.191 e. The number of aliphatic imine (C=N–C) groups is 1. The number of nitrogens with one attached hydrogen (secondary N) is 2. The maximum Gasteiger partial charge on any atom is 0.191 e. The molecule has 1 saturated carbocycles. The number of aryl methyl sites for hydroxylation is 1. The van der Waals surface area contributed by atoms with Crippen LogP contribution < -0.4 is 10.6 Å². The molecule has 2 aromatic rings. The fourth-order valence-electron chi connectivity index (χ4n) is 2.62. The summed E-state index contributed by atoms with van der Waals surface area (Å²) < 4.78 is 2.00. The van der Waals surface area contributed by atoms with Gasteiger partial charge in [0.25, 0.3) is 0 Å². The molecule has 1 aliphatic carbocycles. The first-order valence-electron chi connectivity index (χ1n) is 8.34. The summed E-state index contributed by atoms with van der Waals surface area (Å²) in [5.74, 6) is 0.904. The van der Waals surface area contributed by atoms with Gasteiger partial charge in [0.1, 0.15) is 0 Å². The van der Waals surface area contributed by atoms with Crippen LogP contribution in [0, 0.1) is 13.8 Å². The van der Waals surface area contributed by atoms with E-state index < -0.39 is 0 Å². The molecule has 0 saturated heterocycles. The third-order valence-electron chi connectivity index (χ3n) is 4.10. The number of benzene rings is 1. The molecular formula is C18H26IN5. The Kier molecular flexibility index (Phi) is 6.65. The van der Waals surface area contributed by atoms with Crippen molar-refractivity contribution in [3.63, 3.8) is 0 Å². The van der Waals surface area contributed by atoms with Crippen LogP contribution in [0.1, 0.15) is 36.7 Å². The summed E-state index contributed by atoms with van der Waals surface area (Å²) in [7, 11) is 0. The van der Waals surface area contributed by atoms with E-state index >= 15 is 0 Å². The maximum atomic E-state index is 4.73. The molecule has 1 aliphatic rings. The molecule has 0 bridgehead atoms. The van der Waals surface area contributed by atoms with Crippen LogP contribution in [0.2, 0.25) is 0 Å². The van der Waals surface area contributed by atoms with Crippen LogP contribution in [0.4, 0.5) is 0 Å². The number of hydrogen-bond acceptors (Lipinski definition) is 2.